The molecule has 1 saturated heterocycles. The fraction of sp³-hybridized carbons (Fsp3) is 0.217. The number of ether oxygens (including phenoxy) is 1. The maximum absolute atomic E-state index is 12.6. The molecule has 1 amide bonds. The molecule has 2 aromatic carbocycles. The van der Waals surface area contributed by atoms with Gasteiger partial charge < -0.3 is 10.1 Å². The van der Waals surface area contributed by atoms with Crippen molar-refractivity contribution in [3.8, 4) is 11.1 Å². The summed E-state index contributed by atoms with van der Waals surface area (Å²) in [7, 11) is 0. The van der Waals surface area contributed by atoms with Gasteiger partial charge in [0.15, 0.2) is 5.17 Å². The Balaban J connectivity index is 1.49. The van der Waals surface area contributed by atoms with Crippen molar-refractivity contribution in [2.24, 2.45) is 10.9 Å². The van der Waals surface area contributed by atoms with Crippen LogP contribution in [0.3, 0.4) is 0 Å². The minimum Gasteiger partial charge on any atom is -0.378 e. The van der Waals surface area contributed by atoms with E-state index in [4.69, 9.17) is 9.73 Å². The molecule has 2 aliphatic rings. The van der Waals surface area contributed by atoms with Crippen LogP contribution >= 0.6 is 11.8 Å². The van der Waals surface area contributed by atoms with Gasteiger partial charge in [0.1, 0.15) is 11.9 Å². The Hall–Kier alpha value is -3.03. The van der Waals surface area contributed by atoms with Gasteiger partial charge in [-0.05, 0) is 29.3 Å². The highest BCUT2D eigenvalue weighted by atomic mass is 32.2. The van der Waals surface area contributed by atoms with Crippen molar-refractivity contribution in [2.45, 2.75) is 5.54 Å². The van der Waals surface area contributed by atoms with Crippen molar-refractivity contribution >= 4 is 22.8 Å². The molecule has 0 aliphatic carbocycles. The smallest absolute Gasteiger partial charge is 0.257 e. The normalized spacial score (nSPS) is 22.8. The summed E-state index contributed by atoms with van der Waals surface area (Å²) in [6.45, 7) is 1.16. The summed E-state index contributed by atoms with van der Waals surface area (Å²) in [5.74, 6) is 0.943. The molecule has 6 nitrogen and oxygen atoms in total. The molecule has 5 rings (SSSR count). The van der Waals surface area contributed by atoms with E-state index < -0.39 is 5.54 Å². The minimum absolute atomic E-state index is 0.149. The predicted molar refractivity (Wildman–Crippen MR) is 117 cm³/mol. The molecule has 150 valence electrons. The summed E-state index contributed by atoms with van der Waals surface area (Å²) >= 11 is 1.57. The van der Waals surface area contributed by atoms with Crippen molar-refractivity contribution in [3.05, 3.63) is 84.4 Å². The second-order valence-corrected chi connectivity index (χ2v) is 8.40. The van der Waals surface area contributed by atoms with E-state index in [1.807, 2.05) is 30.3 Å². The van der Waals surface area contributed by atoms with E-state index >= 15 is 0 Å². The Kier molecular flexibility index (Phi) is 5.06. The van der Waals surface area contributed by atoms with Gasteiger partial charge in [0, 0.05) is 35.2 Å². The van der Waals surface area contributed by atoms with Crippen LogP contribution in [0, 0.1) is 5.92 Å². The molecule has 2 aliphatic heterocycles. The highest BCUT2D eigenvalue weighted by molar-refractivity contribution is 8.13. The van der Waals surface area contributed by atoms with Crippen LogP contribution in [0.1, 0.15) is 15.9 Å². The third-order valence-electron chi connectivity index (χ3n) is 5.55. The zero-order valence-corrected chi connectivity index (χ0v) is 17.0. The number of aromatic nitrogens is 2. The lowest BCUT2D eigenvalue weighted by Gasteiger charge is -2.35. The van der Waals surface area contributed by atoms with Crippen LogP contribution in [0.25, 0.3) is 11.1 Å². The molecule has 2 atom stereocenters. The average Bonchev–Trinajstić information content (AvgIpc) is 3.25. The number of aliphatic imine (C=N–C) groups is 1. The number of nitrogens with one attached hydrogen (secondary N) is 1. The molecule has 1 N–H and O–H groups in total. The number of amidine groups is 1. The Labute approximate surface area is 178 Å². The first-order chi connectivity index (χ1) is 14.7. The van der Waals surface area contributed by atoms with Gasteiger partial charge >= 0.3 is 0 Å². The first-order valence-corrected chi connectivity index (χ1v) is 10.8. The highest BCUT2D eigenvalue weighted by Crippen LogP contribution is 2.45. The van der Waals surface area contributed by atoms with Crippen molar-refractivity contribution in [3.63, 3.8) is 0 Å². The third kappa shape index (κ3) is 3.51. The molecule has 0 bridgehead atoms. The van der Waals surface area contributed by atoms with Gasteiger partial charge in [0.05, 0.1) is 13.2 Å². The first-order valence-electron chi connectivity index (χ1n) is 9.77. The number of carbonyl (C=O) groups is 1. The van der Waals surface area contributed by atoms with Crippen LogP contribution in [0.2, 0.25) is 0 Å². The molecule has 1 fully saturated rings. The summed E-state index contributed by atoms with van der Waals surface area (Å²) in [6, 6.07) is 17.5. The second kappa shape index (κ2) is 8.01. The summed E-state index contributed by atoms with van der Waals surface area (Å²) in [4.78, 5) is 25.9. The molecule has 30 heavy (non-hydrogen) atoms. The van der Waals surface area contributed by atoms with Gasteiger partial charge in [-0.15, -0.1) is 0 Å². The molecule has 7 heteroatoms. The van der Waals surface area contributed by atoms with Gasteiger partial charge in [-0.25, -0.2) is 15.0 Å². The summed E-state index contributed by atoms with van der Waals surface area (Å²) in [5.41, 5.74) is 3.19. The summed E-state index contributed by atoms with van der Waals surface area (Å²) < 4.78 is 5.87. The predicted octanol–water partition coefficient (Wildman–Crippen LogP) is 3.52. The Morgan fingerprint density at radius 2 is 1.90 bits per heavy atom. The maximum atomic E-state index is 12.6. The lowest BCUT2D eigenvalue weighted by Crippen LogP contribution is -2.42. The van der Waals surface area contributed by atoms with E-state index in [1.54, 1.807) is 36.3 Å². The van der Waals surface area contributed by atoms with E-state index in [0.717, 1.165) is 22.4 Å². The topological polar surface area (TPSA) is 76.5 Å². The van der Waals surface area contributed by atoms with Crippen LogP contribution in [0.4, 0.5) is 0 Å². The van der Waals surface area contributed by atoms with Crippen molar-refractivity contribution in [1.29, 1.82) is 0 Å². The van der Waals surface area contributed by atoms with Crippen LogP contribution in [0.5, 0.6) is 0 Å². The molecule has 3 heterocycles. The number of thioether (sulfide) groups is 1. The molecule has 1 aromatic heterocycles. The fourth-order valence-electron chi connectivity index (χ4n) is 3.94. The van der Waals surface area contributed by atoms with E-state index in [9.17, 15) is 4.79 Å². The van der Waals surface area contributed by atoms with Crippen molar-refractivity contribution in [2.75, 3.05) is 19.0 Å². The maximum Gasteiger partial charge on any atom is 0.257 e. The van der Waals surface area contributed by atoms with E-state index in [1.165, 1.54) is 6.33 Å². The van der Waals surface area contributed by atoms with Gasteiger partial charge in [-0.3, -0.25) is 4.79 Å². The summed E-state index contributed by atoms with van der Waals surface area (Å²) in [5, 5.41) is 3.63. The molecule has 2 unspecified atom stereocenters. The molecule has 0 saturated carbocycles. The summed E-state index contributed by atoms with van der Waals surface area (Å²) in [6.07, 6.45) is 5.13. The molecule has 0 radical (unpaired) electrons. The number of rotatable bonds is 3. The number of fused-ring (bicyclic) bond motifs is 1. The number of nitrogens with zero attached hydrogens (tertiary/aromatic N) is 3. The number of benzene rings is 2. The van der Waals surface area contributed by atoms with Crippen molar-refractivity contribution < 1.29 is 9.53 Å². The number of hydrogen-bond acceptors (Lipinski definition) is 6. The van der Waals surface area contributed by atoms with Crippen molar-refractivity contribution in [1.82, 2.24) is 15.3 Å². The Morgan fingerprint density at radius 1 is 1.07 bits per heavy atom. The van der Waals surface area contributed by atoms with E-state index in [2.05, 4.69) is 27.4 Å². The Morgan fingerprint density at radius 3 is 2.73 bits per heavy atom. The van der Waals surface area contributed by atoms with Gasteiger partial charge in [0.25, 0.3) is 5.91 Å². The van der Waals surface area contributed by atoms with Crippen LogP contribution in [0.15, 0.2) is 78.3 Å². The fourth-order valence-corrected chi connectivity index (χ4v) is 5.06. The quantitative estimate of drug-likeness (QED) is 0.707. The SMILES string of the molecule is O=C(NC1=NC2(c3cccc(-c4cncnc4)c3)COCC2CS1)c1ccccc1. The van der Waals surface area contributed by atoms with E-state index in [-0.39, 0.29) is 11.8 Å². The number of carbonyl (C=O) groups excluding carboxylic acids is 1. The number of hydrogen-bond donors (Lipinski definition) is 1. The van der Waals surface area contributed by atoms with Crippen LogP contribution in [-0.2, 0) is 10.3 Å². The Bertz CT molecular complexity index is 1090. The third-order valence-corrected chi connectivity index (χ3v) is 6.59. The standard InChI is InChI=1S/C23H20N4O2S/c28-21(16-5-2-1-3-6-16)26-22-27-23(14-29-12-20(23)13-30-22)19-8-4-7-17(9-19)18-10-24-15-25-11-18/h1-11,15,20H,12-14H2,(H,26,27,28). The van der Waals surface area contributed by atoms with Gasteiger partial charge in [-0.1, -0.05) is 48.2 Å². The zero-order chi connectivity index (χ0) is 20.4. The van der Waals surface area contributed by atoms with Crippen LogP contribution < -0.4 is 5.32 Å². The first kappa shape index (κ1) is 19.0. The average molecular weight is 417 g/mol. The van der Waals surface area contributed by atoms with Gasteiger partial charge in [0.2, 0.25) is 0 Å². The second-order valence-electron chi connectivity index (χ2n) is 7.39. The minimum atomic E-state index is -0.504. The monoisotopic (exact) mass is 416 g/mol. The highest BCUT2D eigenvalue weighted by Gasteiger charge is 2.48. The molecular formula is C23H20N4O2S. The molecule has 3 aromatic rings. The largest absolute Gasteiger partial charge is 0.378 e. The molecular weight excluding hydrogens is 396 g/mol. The number of amides is 1. The lowest BCUT2D eigenvalue weighted by atomic mass is 9.81. The molecule has 0 spiro atoms. The van der Waals surface area contributed by atoms with E-state index in [0.29, 0.717) is 23.9 Å². The lowest BCUT2D eigenvalue weighted by molar-refractivity contribution is 0.0977. The van der Waals surface area contributed by atoms with Crippen LogP contribution in [-0.4, -0.2) is 40.0 Å². The van der Waals surface area contributed by atoms with Gasteiger partial charge in [-0.2, -0.15) is 0 Å². The zero-order valence-electron chi connectivity index (χ0n) is 16.2.